The molecular formula is C24H29NO3. The predicted octanol–water partition coefficient (Wildman–Crippen LogP) is 4.36. The van der Waals surface area contributed by atoms with Gasteiger partial charge in [-0.25, -0.2) is 0 Å². The fourth-order valence-electron chi connectivity index (χ4n) is 2.91. The first-order chi connectivity index (χ1) is 19.4. The summed E-state index contributed by atoms with van der Waals surface area (Å²) in [7, 11) is 2.25. The highest BCUT2D eigenvalue weighted by atomic mass is 16.5. The highest BCUT2D eigenvalue weighted by Gasteiger charge is 2.34. The minimum absolute atomic E-state index is 0.228. The number of ether oxygens (including phenoxy) is 2. The van der Waals surface area contributed by atoms with Gasteiger partial charge in [0.15, 0.2) is 17.3 Å². The SMILES string of the molecule is [2H]c1c(OC)c(OC)c([2H])c2c1C(=O)C(CC1([2H])C([2H])([2H])C([2H])([2H])N(C([2H])([2H])c3ccccc3)C([2H])([2H])C1([2H])[2H])C2([2H])[2H]. The van der Waals surface area contributed by atoms with Gasteiger partial charge in [0.25, 0.3) is 0 Å². The molecule has 28 heavy (non-hydrogen) atoms. The number of hydrogen-bond acceptors (Lipinski definition) is 4. The number of benzene rings is 2. The monoisotopic (exact) mass is 394 g/mol. The fraction of sp³-hybridized carbons (Fsp3) is 0.458. The van der Waals surface area contributed by atoms with Gasteiger partial charge in [-0.1, -0.05) is 30.3 Å². The summed E-state index contributed by atoms with van der Waals surface area (Å²) >= 11 is 0. The van der Waals surface area contributed by atoms with Crippen molar-refractivity contribution in [3.8, 4) is 11.5 Å². The maximum absolute atomic E-state index is 13.7. The second-order valence-corrected chi connectivity index (χ2v) is 6.10. The van der Waals surface area contributed by atoms with Crippen LogP contribution in [0.5, 0.6) is 11.5 Å². The number of methoxy groups -OCH3 is 2. The van der Waals surface area contributed by atoms with Crippen LogP contribution in [0.25, 0.3) is 0 Å². The molecule has 148 valence electrons. The van der Waals surface area contributed by atoms with Gasteiger partial charge in [-0.3, -0.25) is 9.69 Å². The molecule has 0 saturated carbocycles. The summed E-state index contributed by atoms with van der Waals surface area (Å²) in [6.07, 6.45) is -11.9. The average Bonchev–Trinajstić information content (AvgIpc) is 3.10. The van der Waals surface area contributed by atoms with Crippen molar-refractivity contribution in [3.63, 3.8) is 0 Å². The number of ketones is 1. The molecule has 2 aromatic rings. The molecule has 4 rings (SSSR count). The van der Waals surface area contributed by atoms with E-state index in [1.54, 1.807) is 0 Å². The normalized spacial score (nSPS) is 38.7. The van der Waals surface area contributed by atoms with Crippen LogP contribution in [0.3, 0.4) is 0 Å². The summed E-state index contributed by atoms with van der Waals surface area (Å²) in [5.74, 6) is -7.68. The predicted molar refractivity (Wildman–Crippen MR) is 110 cm³/mol. The maximum Gasteiger partial charge on any atom is 0.166 e. The first-order valence-electron chi connectivity index (χ1n) is 16.1. The van der Waals surface area contributed by atoms with Gasteiger partial charge < -0.3 is 9.47 Å². The number of carbonyl (C=O) groups excluding carboxylic acids is 1. The lowest BCUT2D eigenvalue weighted by atomic mass is 9.85. The van der Waals surface area contributed by atoms with Crippen molar-refractivity contribution in [3.05, 3.63) is 59.1 Å². The van der Waals surface area contributed by atoms with E-state index in [4.69, 9.17) is 30.0 Å². The molecule has 4 heteroatoms. The number of hydrogen-bond donors (Lipinski definition) is 0. The summed E-state index contributed by atoms with van der Waals surface area (Å²) in [5, 5.41) is 0. The molecule has 1 unspecified atom stereocenters. The first kappa shape index (κ1) is 8.19. The van der Waals surface area contributed by atoms with Crippen LogP contribution in [0.15, 0.2) is 42.4 Å². The van der Waals surface area contributed by atoms with E-state index in [0.29, 0.717) is 0 Å². The molecule has 1 heterocycles. The number of fused-ring (bicyclic) bond motifs is 1. The Hall–Kier alpha value is -2.33. The molecule has 0 aromatic heterocycles. The summed E-state index contributed by atoms with van der Waals surface area (Å²) in [5.41, 5.74) is -1.59. The summed E-state index contributed by atoms with van der Waals surface area (Å²) < 4.78 is 141. The van der Waals surface area contributed by atoms with E-state index >= 15 is 0 Å². The van der Waals surface area contributed by atoms with E-state index in [0.717, 1.165) is 14.2 Å². The Morgan fingerprint density at radius 1 is 1.18 bits per heavy atom. The third-order valence-electron chi connectivity index (χ3n) is 4.28. The van der Waals surface area contributed by atoms with Crippen LogP contribution in [-0.4, -0.2) is 37.9 Å². The van der Waals surface area contributed by atoms with Crippen molar-refractivity contribution in [2.24, 2.45) is 11.8 Å². The van der Waals surface area contributed by atoms with Gasteiger partial charge >= 0.3 is 0 Å². The summed E-state index contributed by atoms with van der Waals surface area (Å²) in [6.45, 7) is -10.7. The Labute approximate surface area is 188 Å². The summed E-state index contributed by atoms with van der Waals surface area (Å²) in [4.78, 5) is 13.5. The second-order valence-electron chi connectivity index (χ2n) is 6.10. The number of carbonyl (C=O) groups is 1. The van der Waals surface area contributed by atoms with Crippen molar-refractivity contribution in [2.75, 3.05) is 27.2 Å². The lowest BCUT2D eigenvalue weighted by Gasteiger charge is -2.32. The molecule has 2 aliphatic rings. The van der Waals surface area contributed by atoms with Crippen molar-refractivity contribution in [1.82, 2.24) is 4.90 Å². The standard InChI is InChI=1S/C24H29NO3/c1-27-22-14-19-13-20(24(26)21(19)15-23(22)28-2)12-17-8-10-25(11-9-17)16-18-6-4-3-5-7-18/h3-7,14-15,17,20H,8-13,16H2,1-2H3/i8D2,9D2,10D2,11D2,13D2,14D,15D,16D2,17D. The van der Waals surface area contributed by atoms with Crippen LogP contribution in [0, 0.1) is 11.8 Å². The van der Waals surface area contributed by atoms with Crippen LogP contribution in [-0.2, 0) is 12.9 Å². The molecule has 2 aromatic carbocycles. The van der Waals surface area contributed by atoms with Crippen LogP contribution in [0.4, 0.5) is 0 Å². The number of Topliss-reactive ketones (excluding diaryl/α,β-unsaturated/α-hetero) is 1. The van der Waals surface area contributed by atoms with E-state index < -0.39 is 85.8 Å². The molecular weight excluding hydrogens is 350 g/mol. The van der Waals surface area contributed by atoms with Gasteiger partial charge in [0.2, 0.25) is 0 Å². The molecule has 1 fully saturated rings. The van der Waals surface area contributed by atoms with Gasteiger partial charge in [-0.05, 0) is 67.6 Å². The van der Waals surface area contributed by atoms with Gasteiger partial charge in [-0.15, -0.1) is 0 Å². The van der Waals surface area contributed by atoms with Crippen molar-refractivity contribution in [1.29, 1.82) is 0 Å². The van der Waals surface area contributed by atoms with Crippen LogP contribution in [0.2, 0.25) is 0 Å². The zero-order valence-corrected chi connectivity index (χ0v) is 15.3. The number of likely N-dealkylation sites (tertiary alicyclic amines) is 1. The Morgan fingerprint density at radius 2 is 1.86 bits per heavy atom. The Balaban J connectivity index is 1.93. The van der Waals surface area contributed by atoms with E-state index in [1.807, 2.05) is 0 Å². The molecule has 0 spiro atoms. The van der Waals surface area contributed by atoms with E-state index in [2.05, 4.69) is 0 Å². The van der Waals surface area contributed by atoms with E-state index in [1.165, 1.54) is 30.3 Å². The second kappa shape index (κ2) is 8.36. The highest BCUT2D eigenvalue weighted by Crippen LogP contribution is 2.39. The van der Waals surface area contributed by atoms with Crippen LogP contribution in [0.1, 0.15) is 61.2 Å². The maximum atomic E-state index is 13.7. The van der Waals surface area contributed by atoms with Crippen LogP contribution >= 0.6 is 0 Å². The Kier molecular flexibility index (Phi) is 2.44. The lowest BCUT2D eigenvalue weighted by Crippen LogP contribution is -2.34. The molecule has 1 aliphatic heterocycles. The smallest absolute Gasteiger partial charge is 0.166 e. The summed E-state index contributed by atoms with van der Waals surface area (Å²) in [6, 6.07) is 5.28. The Bertz CT molecular complexity index is 1430. The van der Waals surface area contributed by atoms with Crippen molar-refractivity contribution >= 4 is 5.78 Å². The molecule has 0 N–H and O–H groups in total. The molecule has 1 saturated heterocycles. The van der Waals surface area contributed by atoms with Gasteiger partial charge in [0.1, 0.15) is 0 Å². The van der Waals surface area contributed by atoms with Gasteiger partial charge in [-0.2, -0.15) is 0 Å². The third-order valence-corrected chi connectivity index (χ3v) is 4.28. The topological polar surface area (TPSA) is 38.8 Å². The molecule has 0 amide bonds. The minimum atomic E-state index is -3.79. The van der Waals surface area contributed by atoms with Gasteiger partial charge in [0.05, 0.1) is 17.0 Å². The third kappa shape index (κ3) is 3.93. The average molecular weight is 395 g/mol. The van der Waals surface area contributed by atoms with Gasteiger partial charge in [0, 0.05) is 35.8 Å². The highest BCUT2D eigenvalue weighted by molar-refractivity contribution is 6.02. The zero-order chi connectivity index (χ0) is 32.9. The molecule has 1 aliphatic carbocycles. The quantitative estimate of drug-likeness (QED) is 0.730. The van der Waals surface area contributed by atoms with Crippen molar-refractivity contribution < 1.29 is 34.8 Å². The number of nitrogens with zero attached hydrogens (tertiary/aromatic N) is 1. The Morgan fingerprint density at radius 3 is 2.54 bits per heavy atom. The molecule has 4 nitrogen and oxygen atoms in total. The first-order valence-corrected chi connectivity index (χ1v) is 8.60. The van der Waals surface area contributed by atoms with Crippen LogP contribution < -0.4 is 9.47 Å². The zero-order valence-electron chi connectivity index (χ0n) is 30.3. The number of piperidine rings is 1. The molecule has 1 atom stereocenters. The minimum Gasteiger partial charge on any atom is -0.493 e. The fourth-order valence-corrected chi connectivity index (χ4v) is 2.91. The van der Waals surface area contributed by atoms with E-state index in [-0.39, 0.29) is 22.0 Å². The molecule has 0 radical (unpaired) electrons. The lowest BCUT2D eigenvalue weighted by molar-refractivity contribution is 0.0895. The largest absolute Gasteiger partial charge is 0.493 e. The van der Waals surface area contributed by atoms with E-state index in [9.17, 15) is 4.79 Å². The number of rotatable bonds is 6. The molecule has 0 bridgehead atoms. The van der Waals surface area contributed by atoms with Crippen molar-refractivity contribution in [2.45, 2.75) is 32.0 Å².